The molecular formula is C12H18N2O5S2. The lowest BCUT2D eigenvalue weighted by Gasteiger charge is -2.06. The van der Waals surface area contributed by atoms with Gasteiger partial charge in [-0.1, -0.05) is 0 Å². The van der Waals surface area contributed by atoms with Crippen LogP contribution >= 0.6 is 11.3 Å². The van der Waals surface area contributed by atoms with Crippen LogP contribution in [0.15, 0.2) is 0 Å². The highest BCUT2D eigenvalue weighted by atomic mass is 32.2. The number of thiophene rings is 1. The summed E-state index contributed by atoms with van der Waals surface area (Å²) in [6.45, 7) is 3.66. The molecule has 0 radical (unpaired) electrons. The Bertz CT molecular complexity index is 649. The van der Waals surface area contributed by atoms with E-state index in [1.54, 1.807) is 13.8 Å². The quantitative estimate of drug-likeness (QED) is 0.684. The van der Waals surface area contributed by atoms with Crippen molar-refractivity contribution in [2.24, 2.45) is 0 Å². The molecule has 1 aromatic rings. The molecule has 9 heteroatoms. The van der Waals surface area contributed by atoms with Gasteiger partial charge < -0.3 is 10.4 Å². The summed E-state index contributed by atoms with van der Waals surface area (Å²) in [6.07, 6.45) is 1.43. The number of carbonyl (C=O) groups is 2. The van der Waals surface area contributed by atoms with E-state index in [-0.39, 0.29) is 22.9 Å². The van der Waals surface area contributed by atoms with Crippen molar-refractivity contribution >= 4 is 38.2 Å². The Labute approximate surface area is 127 Å². The van der Waals surface area contributed by atoms with Crippen LogP contribution in [0, 0.1) is 13.8 Å². The second-order valence-corrected chi connectivity index (χ2v) is 8.14. The Morgan fingerprint density at radius 1 is 1.29 bits per heavy atom. The molecule has 2 amide bonds. The Morgan fingerprint density at radius 3 is 2.43 bits per heavy atom. The highest BCUT2D eigenvalue weighted by molar-refractivity contribution is 7.90. The van der Waals surface area contributed by atoms with Gasteiger partial charge in [0.1, 0.15) is 14.8 Å². The number of aromatic carboxylic acids is 1. The number of anilines is 1. The van der Waals surface area contributed by atoms with Crippen molar-refractivity contribution in [3.63, 3.8) is 0 Å². The van der Waals surface area contributed by atoms with Crippen LogP contribution in [0.25, 0.3) is 0 Å². The lowest BCUT2D eigenvalue weighted by molar-refractivity contribution is 0.0697. The Kier molecular flexibility index (Phi) is 5.73. The third-order valence-electron chi connectivity index (χ3n) is 2.80. The van der Waals surface area contributed by atoms with E-state index in [0.29, 0.717) is 12.0 Å². The number of sulfone groups is 1. The molecule has 0 spiro atoms. The van der Waals surface area contributed by atoms with Crippen LogP contribution in [0.3, 0.4) is 0 Å². The maximum Gasteiger partial charge on any atom is 0.338 e. The molecule has 3 N–H and O–H groups in total. The topological polar surface area (TPSA) is 113 Å². The lowest BCUT2D eigenvalue weighted by Crippen LogP contribution is -2.30. The van der Waals surface area contributed by atoms with Gasteiger partial charge in [0.2, 0.25) is 0 Å². The summed E-state index contributed by atoms with van der Waals surface area (Å²) in [6, 6.07) is -0.549. The van der Waals surface area contributed by atoms with Crippen LogP contribution in [-0.2, 0) is 9.84 Å². The normalized spacial score (nSPS) is 11.2. The minimum absolute atomic E-state index is 0.00905. The molecule has 118 valence electrons. The van der Waals surface area contributed by atoms with Gasteiger partial charge in [0.25, 0.3) is 0 Å². The van der Waals surface area contributed by atoms with Crippen LogP contribution in [0.1, 0.15) is 27.2 Å². The maximum absolute atomic E-state index is 11.7. The highest BCUT2D eigenvalue weighted by Crippen LogP contribution is 2.32. The van der Waals surface area contributed by atoms with Gasteiger partial charge in [-0.25, -0.2) is 18.0 Å². The molecule has 0 aromatic carbocycles. The molecule has 1 aromatic heterocycles. The fourth-order valence-electron chi connectivity index (χ4n) is 1.66. The first-order chi connectivity index (χ1) is 9.61. The molecule has 1 heterocycles. The summed E-state index contributed by atoms with van der Waals surface area (Å²) < 4.78 is 21.9. The number of urea groups is 1. The number of aryl methyl sites for hydroxylation is 1. The first-order valence-corrected chi connectivity index (χ1v) is 9.05. The van der Waals surface area contributed by atoms with Crippen molar-refractivity contribution in [3.8, 4) is 0 Å². The number of carboxylic acids is 1. The number of carboxylic acid groups (broad SMARTS) is 1. The standard InChI is InChI=1S/C12H18N2O5S2/c1-7-8(2)20-10(9(7)11(15)16)14-12(17)13-5-4-6-21(3,18)19/h4-6H2,1-3H3,(H,15,16)(H2,13,14,17). The van der Waals surface area contributed by atoms with Crippen LogP contribution in [0.4, 0.5) is 9.80 Å². The Morgan fingerprint density at radius 2 is 1.90 bits per heavy atom. The molecule has 0 atom stereocenters. The number of nitrogens with one attached hydrogen (secondary N) is 2. The Hall–Kier alpha value is -1.61. The molecule has 21 heavy (non-hydrogen) atoms. The first kappa shape index (κ1) is 17.4. The van der Waals surface area contributed by atoms with E-state index in [1.807, 2.05) is 0 Å². The summed E-state index contributed by atoms with van der Waals surface area (Å²) in [7, 11) is -3.05. The predicted molar refractivity (Wildman–Crippen MR) is 82.1 cm³/mol. The average molecular weight is 334 g/mol. The van der Waals surface area contributed by atoms with Crippen LogP contribution in [0.2, 0.25) is 0 Å². The van der Waals surface area contributed by atoms with Crippen LogP contribution in [-0.4, -0.2) is 44.1 Å². The largest absolute Gasteiger partial charge is 0.478 e. The molecular weight excluding hydrogens is 316 g/mol. The SMILES string of the molecule is Cc1sc(NC(=O)NCCCS(C)(=O)=O)c(C(=O)O)c1C. The summed E-state index contributed by atoms with van der Waals surface area (Å²) in [5.41, 5.74) is 0.712. The van der Waals surface area contributed by atoms with Crippen molar-refractivity contribution in [3.05, 3.63) is 16.0 Å². The first-order valence-electron chi connectivity index (χ1n) is 6.17. The van der Waals surface area contributed by atoms with Crippen molar-refractivity contribution in [1.29, 1.82) is 0 Å². The molecule has 0 aliphatic heterocycles. The smallest absolute Gasteiger partial charge is 0.338 e. The second-order valence-electron chi connectivity index (χ2n) is 4.66. The minimum Gasteiger partial charge on any atom is -0.478 e. The van der Waals surface area contributed by atoms with Gasteiger partial charge in [0.05, 0.1) is 11.3 Å². The number of rotatable bonds is 6. The van der Waals surface area contributed by atoms with Gasteiger partial charge in [-0.15, -0.1) is 11.3 Å². The zero-order valence-electron chi connectivity index (χ0n) is 12.0. The van der Waals surface area contributed by atoms with Gasteiger partial charge in [-0.3, -0.25) is 5.32 Å². The third-order valence-corrected chi connectivity index (χ3v) is 4.96. The van der Waals surface area contributed by atoms with E-state index in [0.717, 1.165) is 11.1 Å². The molecule has 7 nitrogen and oxygen atoms in total. The van der Waals surface area contributed by atoms with E-state index in [4.69, 9.17) is 5.11 Å². The minimum atomic E-state index is -3.05. The monoisotopic (exact) mass is 334 g/mol. The van der Waals surface area contributed by atoms with E-state index < -0.39 is 21.8 Å². The van der Waals surface area contributed by atoms with Gasteiger partial charge in [-0.2, -0.15) is 0 Å². The fraction of sp³-hybridized carbons (Fsp3) is 0.500. The van der Waals surface area contributed by atoms with Gasteiger partial charge in [0, 0.05) is 17.7 Å². The van der Waals surface area contributed by atoms with Crippen molar-refractivity contribution < 1.29 is 23.1 Å². The molecule has 1 rings (SSSR count). The molecule has 0 saturated carbocycles. The summed E-state index contributed by atoms with van der Waals surface area (Å²) in [5, 5.41) is 14.4. The average Bonchev–Trinajstić information content (AvgIpc) is 2.59. The van der Waals surface area contributed by atoms with Crippen LogP contribution < -0.4 is 10.6 Å². The van der Waals surface area contributed by atoms with Crippen LogP contribution in [0.5, 0.6) is 0 Å². The van der Waals surface area contributed by atoms with Crippen molar-refractivity contribution in [1.82, 2.24) is 5.32 Å². The molecule has 0 bridgehead atoms. The van der Waals surface area contributed by atoms with Gasteiger partial charge in [0.15, 0.2) is 0 Å². The van der Waals surface area contributed by atoms with Crippen molar-refractivity contribution in [2.75, 3.05) is 23.9 Å². The number of amides is 2. The van der Waals surface area contributed by atoms with E-state index >= 15 is 0 Å². The van der Waals surface area contributed by atoms with E-state index in [1.165, 1.54) is 11.3 Å². The number of carbonyl (C=O) groups excluding carboxylic acids is 1. The van der Waals surface area contributed by atoms with Gasteiger partial charge in [-0.05, 0) is 25.8 Å². The molecule has 0 saturated heterocycles. The van der Waals surface area contributed by atoms with Crippen molar-refractivity contribution in [2.45, 2.75) is 20.3 Å². The number of hydrogen-bond donors (Lipinski definition) is 3. The van der Waals surface area contributed by atoms with Gasteiger partial charge >= 0.3 is 12.0 Å². The summed E-state index contributed by atoms with van der Waals surface area (Å²) in [5.74, 6) is -1.10. The molecule has 0 aliphatic rings. The number of hydrogen-bond acceptors (Lipinski definition) is 5. The van der Waals surface area contributed by atoms with E-state index in [2.05, 4.69) is 10.6 Å². The summed E-state index contributed by atoms with van der Waals surface area (Å²) >= 11 is 1.19. The zero-order valence-corrected chi connectivity index (χ0v) is 13.7. The Balaban J connectivity index is 2.60. The summed E-state index contributed by atoms with van der Waals surface area (Å²) in [4.78, 5) is 23.7. The van der Waals surface area contributed by atoms with E-state index in [9.17, 15) is 18.0 Å². The third kappa shape index (κ3) is 5.35. The molecule has 0 fully saturated rings. The molecule has 0 unspecified atom stereocenters. The maximum atomic E-state index is 11.7. The fourth-order valence-corrected chi connectivity index (χ4v) is 3.37. The molecule has 0 aliphatic carbocycles. The second kappa shape index (κ2) is 6.90. The predicted octanol–water partition coefficient (Wildman–Crippen LogP) is 1.62. The lowest BCUT2D eigenvalue weighted by atomic mass is 10.1. The highest BCUT2D eigenvalue weighted by Gasteiger charge is 2.20. The zero-order chi connectivity index (χ0) is 16.2.